The molecule has 0 amide bonds. The molecular formula is C10H13NO. The highest BCUT2D eigenvalue weighted by Gasteiger charge is 2.79. The zero-order valence-corrected chi connectivity index (χ0v) is 7.50. The van der Waals surface area contributed by atoms with Crippen molar-refractivity contribution in [1.29, 1.82) is 0 Å². The first-order chi connectivity index (χ1) is 5.65. The Hall–Kier alpha value is -0.790. The number of hydrogen-bond acceptors (Lipinski definition) is 2. The second-order valence-corrected chi connectivity index (χ2v) is 4.66. The van der Waals surface area contributed by atoms with Crippen LogP contribution in [0.25, 0.3) is 0 Å². The number of carbonyl (C=O) groups is 1. The van der Waals surface area contributed by atoms with E-state index < -0.39 is 0 Å². The van der Waals surface area contributed by atoms with Crippen LogP contribution in [0.15, 0.2) is 11.8 Å². The molecule has 0 aliphatic heterocycles. The molecule has 2 heteroatoms. The quantitative estimate of drug-likeness (QED) is 0.538. The van der Waals surface area contributed by atoms with Crippen molar-refractivity contribution in [3.8, 4) is 0 Å². The molecule has 0 heterocycles. The van der Waals surface area contributed by atoms with E-state index in [4.69, 9.17) is 0 Å². The van der Waals surface area contributed by atoms with Gasteiger partial charge in [-0.1, -0.05) is 0 Å². The monoisotopic (exact) mass is 163 g/mol. The molecule has 0 saturated heterocycles. The highest BCUT2D eigenvalue weighted by molar-refractivity contribution is 6.05. The summed E-state index contributed by atoms with van der Waals surface area (Å²) in [4.78, 5) is 13.6. The van der Waals surface area contributed by atoms with Crippen molar-refractivity contribution in [2.24, 2.45) is 17.3 Å². The highest BCUT2D eigenvalue weighted by Crippen LogP contribution is 2.82. The van der Waals surface area contributed by atoms with Crippen LogP contribution in [0.3, 0.4) is 0 Å². The van der Waals surface area contributed by atoms with Gasteiger partial charge in [0, 0.05) is 31.8 Å². The summed E-state index contributed by atoms with van der Waals surface area (Å²) in [6.07, 6.45) is 4.51. The Kier molecular flexibility index (Phi) is 0.897. The number of allylic oxidation sites excluding steroid dienone is 1. The Bertz CT molecular complexity index is 305. The topological polar surface area (TPSA) is 20.3 Å². The third-order valence-electron chi connectivity index (χ3n) is 3.61. The van der Waals surface area contributed by atoms with Gasteiger partial charge in [0.1, 0.15) is 0 Å². The van der Waals surface area contributed by atoms with Crippen LogP contribution in [0.4, 0.5) is 0 Å². The molecule has 0 aromatic heterocycles. The van der Waals surface area contributed by atoms with Crippen molar-refractivity contribution in [2.45, 2.75) is 12.8 Å². The average molecular weight is 163 g/mol. The molecule has 0 aromatic rings. The van der Waals surface area contributed by atoms with Gasteiger partial charge in [-0.15, -0.1) is 0 Å². The predicted octanol–water partition coefficient (Wildman–Crippen LogP) is 1.04. The summed E-state index contributed by atoms with van der Waals surface area (Å²) in [5, 5.41) is 0. The summed E-state index contributed by atoms with van der Waals surface area (Å²) in [5.41, 5.74) is 1.62. The van der Waals surface area contributed by atoms with E-state index in [9.17, 15) is 4.79 Å². The summed E-state index contributed by atoms with van der Waals surface area (Å²) in [6.45, 7) is 0. The molecule has 64 valence electrons. The second-order valence-electron chi connectivity index (χ2n) is 4.66. The Balaban J connectivity index is 1.94. The molecule has 3 aliphatic carbocycles. The molecule has 1 spiro atoms. The van der Waals surface area contributed by atoms with Gasteiger partial charge in [-0.3, -0.25) is 4.79 Å². The molecule has 3 rings (SSSR count). The SMILES string of the molecule is CN(C)/C=C1/C(=O)[C@@H]2CC23C[C@@H]13. The van der Waals surface area contributed by atoms with Crippen LogP contribution in [0, 0.1) is 17.3 Å². The standard InChI is InChI=1S/C10H13NO/c1-11(2)5-6-7-3-10(7)4-8(10)9(6)12/h5,7-8H,3-4H2,1-2H3/b6-5+/t7-,8-,10?/m0/s1. The first kappa shape index (κ1) is 6.70. The molecule has 3 saturated carbocycles. The third kappa shape index (κ3) is 0.563. The van der Waals surface area contributed by atoms with Gasteiger partial charge in [0.2, 0.25) is 0 Å². The van der Waals surface area contributed by atoms with Crippen LogP contribution in [0.5, 0.6) is 0 Å². The normalized spacial score (nSPS) is 50.5. The van der Waals surface area contributed by atoms with E-state index in [1.54, 1.807) is 0 Å². The smallest absolute Gasteiger partial charge is 0.164 e. The van der Waals surface area contributed by atoms with Gasteiger partial charge in [0.05, 0.1) is 0 Å². The zero-order chi connectivity index (χ0) is 8.51. The fourth-order valence-electron chi connectivity index (χ4n) is 2.83. The first-order valence-electron chi connectivity index (χ1n) is 4.57. The summed E-state index contributed by atoms with van der Waals surface area (Å²) < 4.78 is 0. The minimum absolute atomic E-state index is 0.439. The number of hydrogen-bond donors (Lipinski definition) is 0. The predicted molar refractivity (Wildman–Crippen MR) is 45.4 cm³/mol. The van der Waals surface area contributed by atoms with Crippen molar-refractivity contribution in [3.63, 3.8) is 0 Å². The van der Waals surface area contributed by atoms with Crippen LogP contribution in [0.1, 0.15) is 12.8 Å². The van der Waals surface area contributed by atoms with E-state index in [-0.39, 0.29) is 0 Å². The van der Waals surface area contributed by atoms with Crippen LogP contribution in [-0.2, 0) is 4.79 Å². The molecule has 3 atom stereocenters. The van der Waals surface area contributed by atoms with Crippen LogP contribution in [-0.4, -0.2) is 24.8 Å². The Morgan fingerprint density at radius 2 is 2.08 bits per heavy atom. The van der Waals surface area contributed by atoms with Gasteiger partial charge < -0.3 is 4.90 Å². The van der Waals surface area contributed by atoms with Gasteiger partial charge in [0.25, 0.3) is 0 Å². The minimum atomic E-state index is 0.439. The fourth-order valence-corrected chi connectivity index (χ4v) is 2.83. The number of ketones is 1. The molecule has 3 fully saturated rings. The lowest BCUT2D eigenvalue weighted by molar-refractivity contribution is -0.116. The van der Waals surface area contributed by atoms with Crippen LogP contribution in [0.2, 0.25) is 0 Å². The van der Waals surface area contributed by atoms with E-state index in [1.807, 2.05) is 25.2 Å². The second kappa shape index (κ2) is 1.61. The van der Waals surface area contributed by atoms with Gasteiger partial charge in [-0.05, 0) is 24.2 Å². The lowest BCUT2D eigenvalue weighted by Crippen LogP contribution is -2.09. The molecule has 0 radical (unpaired) electrons. The Morgan fingerprint density at radius 1 is 1.42 bits per heavy atom. The van der Waals surface area contributed by atoms with E-state index in [2.05, 4.69) is 0 Å². The Labute approximate surface area is 72.2 Å². The average Bonchev–Trinajstić information content (AvgIpc) is 2.82. The van der Waals surface area contributed by atoms with Crippen molar-refractivity contribution < 1.29 is 4.79 Å². The Morgan fingerprint density at radius 3 is 2.58 bits per heavy atom. The summed E-state index contributed by atoms with van der Waals surface area (Å²) in [5.74, 6) is 1.53. The van der Waals surface area contributed by atoms with Gasteiger partial charge >= 0.3 is 0 Å². The molecule has 1 unspecified atom stereocenters. The van der Waals surface area contributed by atoms with Gasteiger partial charge in [0.15, 0.2) is 5.78 Å². The van der Waals surface area contributed by atoms with Crippen molar-refractivity contribution in [2.75, 3.05) is 14.1 Å². The summed E-state index contributed by atoms with van der Waals surface area (Å²) >= 11 is 0. The lowest BCUT2D eigenvalue weighted by Gasteiger charge is -2.07. The molecule has 0 aromatic carbocycles. The summed E-state index contributed by atoms with van der Waals surface area (Å²) in [6, 6.07) is 0. The van der Waals surface area contributed by atoms with Crippen LogP contribution >= 0.6 is 0 Å². The van der Waals surface area contributed by atoms with Crippen molar-refractivity contribution >= 4 is 5.78 Å². The van der Waals surface area contributed by atoms with E-state index in [0.29, 0.717) is 23.0 Å². The van der Waals surface area contributed by atoms with E-state index in [0.717, 1.165) is 5.57 Å². The van der Waals surface area contributed by atoms with E-state index in [1.165, 1.54) is 12.8 Å². The molecule has 12 heavy (non-hydrogen) atoms. The van der Waals surface area contributed by atoms with Crippen molar-refractivity contribution in [1.82, 2.24) is 4.90 Å². The van der Waals surface area contributed by atoms with Crippen LogP contribution < -0.4 is 0 Å². The molecular weight excluding hydrogens is 150 g/mol. The molecule has 3 aliphatic rings. The summed E-state index contributed by atoms with van der Waals surface area (Å²) in [7, 11) is 3.97. The van der Waals surface area contributed by atoms with Crippen molar-refractivity contribution in [3.05, 3.63) is 11.8 Å². The maximum atomic E-state index is 11.6. The molecule has 0 N–H and O–H groups in total. The zero-order valence-electron chi connectivity index (χ0n) is 7.50. The third-order valence-corrected chi connectivity index (χ3v) is 3.61. The highest BCUT2D eigenvalue weighted by atomic mass is 16.1. The maximum Gasteiger partial charge on any atom is 0.164 e. The molecule has 0 bridgehead atoms. The lowest BCUT2D eigenvalue weighted by atomic mass is 10.1. The van der Waals surface area contributed by atoms with Gasteiger partial charge in [-0.2, -0.15) is 0 Å². The van der Waals surface area contributed by atoms with E-state index >= 15 is 0 Å². The first-order valence-corrected chi connectivity index (χ1v) is 4.57. The largest absolute Gasteiger partial charge is 0.383 e. The number of rotatable bonds is 1. The molecule has 2 nitrogen and oxygen atoms in total. The van der Waals surface area contributed by atoms with Gasteiger partial charge in [-0.25, -0.2) is 0 Å². The minimum Gasteiger partial charge on any atom is -0.383 e. The number of Topliss-reactive ketones (excluding diaryl/α,β-unsaturated/α-hetero) is 1. The number of carbonyl (C=O) groups excluding carboxylic acids is 1. The number of nitrogens with zero attached hydrogens (tertiary/aromatic N) is 1. The maximum absolute atomic E-state index is 11.6. The fraction of sp³-hybridized carbons (Fsp3) is 0.700.